The maximum atomic E-state index is 10.6. The SMILES string of the molecule is Cc1sc(C)c(CCC(=O)O)c1CCOC=O. The molecule has 0 fully saturated rings. The third-order valence-electron chi connectivity index (χ3n) is 2.65. The van der Waals surface area contributed by atoms with Crippen LogP contribution in [0.2, 0.25) is 0 Å². The van der Waals surface area contributed by atoms with Gasteiger partial charge in [0.15, 0.2) is 0 Å². The van der Waals surface area contributed by atoms with Gasteiger partial charge in [-0.1, -0.05) is 0 Å². The van der Waals surface area contributed by atoms with Gasteiger partial charge in [-0.15, -0.1) is 11.3 Å². The summed E-state index contributed by atoms with van der Waals surface area (Å²) in [6, 6.07) is 0. The van der Waals surface area contributed by atoms with Gasteiger partial charge in [0.1, 0.15) is 0 Å². The number of rotatable bonds is 7. The third kappa shape index (κ3) is 3.85. The van der Waals surface area contributed by atoms with Crippen LogP contribution in [0.1, 0.15) is 27.3 Å². The first-order chi connectivity index (χ1) is 8.06. The maximum absolute atomic E-state index is 10.6. The quantitative estimate of drug-likeness (QED) is 0.599. The number of thiophene rings is 1. The Balaban J connectivity index is 2.78. The van der Waals surface area contributed by atoms with Crippen molar-refractivity contribution in [2.45, 2.75) is 33.1 Å². The van der Waals surface area contributed by atoms with Crippen molar-refractivity contribution in [2.24, 2.45) is 0 Å². The van der Waals surface area contributed by atoms with Crippen molar-refractivity contribution >= 4 is 23.8 Å². The standard InChI is InChI=1S/C12H16O4S/c1-8-10(3-4-12(14)15)11(9(2)17-8)5-6-16-7-13/h7H,3-6H2,1-2H3,(H,14,15). The first kappa shape index (κ1) is 13.7. The van der Waals surface area contributed by atoms with E-state index >= 15 is 0 Å². The van der Waals surface area contributed by atoms with Gasteiger partial charge in [-0.25, -0.2) is 0 Å². The normalized spacial score (nSPS) is 10.2. The Morgan fingerprint density at radius 2 is 1.88 bits per heavy atom. The van der Waals surface area contributed by atoms with Crippen LogP contribution in [0.4, 0.5) is 0 Å². The van der Waals surface area contributed by atoms with E-state index in [-0.39, 0.29) is 6.42 Å². The fourth-order valence-electron chi connectivity index (χ4n) is 1.87. The van der Waals surface area contributed by atoms with Crippen LogP contribution in [0.15, 0.2) is 0 Å². The molecule has 1 aromatic rings. The lowest BCUT2D eigenvalue weighted by Crippen LogP contribution is -2.03. The van der Waals surface area contributed by atoms with Crippen LogP contribution in [0.25, 0.3) is 0 Å². The summed E-state index contributed by atoms with van der Waals surface area (Å²) in [5, 5.41) is 8.71. The van der Waals surface area contributed by atoms with Crippen LogP contribution in [-0.4, -0.2) is 24.2 Å². The molecule has 94 valence electrons. The molecular weight excluding hydrogens is 240 g/mol. The lowest BCUT2D eigenvalue weighted by Gasteiger charge is -2.05. The maximum Gasteiger partial charge on any atom is 0.303 e. The molecule has 0 bridgehead atoms. The highest BCUT2D eigenvalue weighted by Crippen LogP contribution is 2.28. The number of aliphatic carboxylic acids is 1. The van der Waals surface area contributed by atoms with Gasteiger partial charge in [-0.05, 0) is 31.4 Å². The van der Waals surface area contributed by atoms with E-state index in [2.05, 4.69) is 0 Å². The minimum absolute atomic E-state index is 0.137. The molecule has 0 amide bonds. The highest BCUT2D eigenvalue weighted by molar-refractivity contribution is 7.12. The number of ether oxygens (including phenoxy) is 1. The van der Waals surface area contributed by atoms with Gasteiger partial charge >= 0.3 is 5.97 Å². The van der Waals surface area contributed by atoms with Crippen LogP contribution >= 0.6 is 11.3 Å². The zero-order valence-electron chi connectivity index (χ0n) is 9.99. The van der Waals surface area contributed by atoms with Gasteiger partial charge in [0.05, 0.1) is 6.61 Å². The Labute approximate surface area is 104 Å². The Morgan fingerprint density at radius 3 is 2.41 bits per heavy atom. The van der Waals surface area contributed by atoms with E-state index in [0.29, 0.717) is 25.9 Å². The minimum atomic E-state index is -0.789. The molecule has 1 aromatic heterocycles. The molecule has 0 saturated heterocycles. The average molecular weight is 256 g/mol. The van der Waals surface area contributed by atoms with Crippen molar-refractivity contribution in [3.8, 4) is 0 Å². The summed E-state index contributed by atoms with van der Waals surface area (Å²) >= 11 is 1.67. The molecule has 0 atom stereocenters. The van der Waals surface area contributed by atoms with Gasteiger partial charge in [-0.3, -0.25) is 9.59 Å². The molecule has 1 rings (SSSR count). The summed E-state index contributed by atoms with van der Waals surface area (Å²) in [4.78, 5) is 23.0. The minimum Gasteiger partial charge on any atom is -0.481 e. The Hall–Kier alpha value is -1.36. The summed E-state index contributed by atoms with van der Waals surface area (Å²) in [5.74, 6) is -0.789. The topological polar surface area (TPSA) is 63.6 Å². The lowest BCUT2D eigenvalue weighted by molar-refractivity contribution is -0.137. The fourth-order valence-corrected chi connectivity index (χ4v) is 3.03. The molecule has 5 heteroatoms. The summed E-state index contributed by atoms with van der Waals surface area (Å²) in [5.41, 5.74) is 2.24. The lowest BCUT2D eigenvalue weighted by atomic mass is 10.0. The van der Waals surface area contributed by atoms with E-state index < -0.39 is 5.97 Å². The first-order valence-corrected chi connectivity index (χ1v) is 6.22. The van der Waals surface area contributed by atoms with E-state index in [0.717, 1.165) is 16.0 Å². The number of carbonyl (C=O) groups is 2. The van der Waals surface area contributed by atoms with Crippen molar-refractivity contribution in [1.82, 2.24) is 0 Å². The van der Waals surface area contributed by atoms with Gasteiger partial charge in [0.2, 0.25) is 0 Å². The van der Waals surface area contributed by atoms with Crippen LogP contribution in [0.5, 0.6) is 0 Å². The van der Waals surface area contributed by atoms with Crippen molar-refractivity contribution in [3.05, 3.63) is 20.9 Å². The largest absolute Gasteiger partial charge is 0.481 e. The molecule has 0 aliphatic carbocycles. The second-order valence-electron chi connectivity index (χ2n) is 3.78. The number of carbonyl (C=O) groups excluding carboxylic acids is 1. The highest BCUT2D eigenvalue weighted by Gasteiger charge is 2.13. The zero-order chi connectivity index (χ0) is 12.8. The molecule has 1 heterocycles. The van der Waals surface area contributed by atoms with Gasteiger partial charge in [0.25, 0.3) is 6.47 Å². The molecule has 0 aliphatic rings. The number of hydrogen-bond acceptors (Lipinski definition) is 4. The number of carboxylic acids is 1. The molecule has 1 N–H and O–H groups in total. The van der Waals surface area contributed by atoms with Crippen LogP contribution in [-0.2, 0) is 27.2 Å². The smallest absolute Gasteiger partial charge is 0.303 e. The zero-order valence-corrected chi connectivity index (χ0v) is 10.8. The second kappa shape index (κ2) is 6.39. The van der Waals surface area contributed by atoms with E-state index in [1.54, 1.807) is 11.3 Å². The summed E-state index contributed by atoms with van der Waals surface area (Å²) in [6.45, 7) is 4.79. The van der Waals surface area contributed by atoms with Gasteiger partial charge in [0, 0.05) is 22.6 Å². The second-order valence-corrected chi connectivity index (χ2v) is 5.21. The van der Waals surface area contributed by atoms with Crippen molar-refractivity contribution in [3.63, 3.8) is 0 Å². The number of hydrogen-bond donors (Lipinski definition) is 1. The van der Waals surface area contributed by atoms with Crippen molar-refractivity contribution in [2.75, 3.05) is 6.61 Å². The van der Waals surface area contributed by atoms with E-state index in [4.69, 9.17) is 9.84 Å². The van der Waals surface area contributed by atoms with Crippen LogP contribution in [0.3, 0.4) is 0 Å². The fraction of sp³-hybridized carbons (Fsp3) is 0.500. The predicted octanol–water partition coefficient (Wildman–Crippen LogP) is 2.10. The molecular formula is C12H16O4S. The number of aryl methyl sites for hydroxylation is 2. The van der Waals surface area contributed by atoms with E-state index in [1.807, 2.05) is 13.8 Å². The Morgan fingerprint density at radius 1 is 1.29 bits per heavy atom. The summed E-state index contributed by atoms with van der Waals surface area (Å²) in [7, 11) is 0. The third-order valence-corrected chi connectivity index (χ3v) is 3.75. The Bertz CT molecular complexity index is 409. The van der Waals surface area contributed by atoms with E-state index in [9.17, 15) is 9.59 Å². The summed E-state index contributed by atoms with van der Waals surface area (Å²) < 4.78 is 4.69. The molecule has 0 spiro atoms. The predicted molar refractivity (Wildman–Crippen MR) is 65.5 cm³/mol. The van der Waals surface area contributed by atoms with Crippen LogP contribution in [0, 0.1) is 13.8 Å². The number of carboxylic acid groups (broad SMARTS) is 1. The monoisotopic (exact) mass is 256 g/mol. The average Bonchev–Trinajstić information content (AvgIpc) is 2.51. The Kier molecular flexibility index (Phi) is 5.15. The molecule has 0 saturated carbocycles. The molecule has 0 aliphatic heterocycles. The van der Waals surface area contributed by atoms with Gasteiger partial charge in [-0.2, -0.15) is 0 Å². The first-order valence-electron chi connectivity index (χ1n) is 5.41. The molecule has 17 heavy (non-hydrogen) atoms. The molecule has 0 unspecified atom stereocenters. The summed E-state index contributed by atoms with van der Waals surface area (Å²) in [6.07, 6.45) is 1.34. The van der Waals surface area contributed by atoms with Crippen LogP contribution < -0.4 is 0 Å². The van der Waals surface area contributed by atoms with Gasteiger partial charge < -0.3 is 9.84 Å². The van der Waals surface area contributed by atoms with Crippen molar-refractivity contribution in [1.29, 1.82) is 0 Å². The molecule has 0 radical (unpaired) electrons. The van der Waals surface area contributed by atoms with Crippen molar-refractivity contribution < 1.29 is 19.4 Å². The highest BCUT2D eigenvalue weighted by atomic mass is 32.1. The molecule has 4 nitrogen and oxygen atoms in total. The van der Waals surface area contributed by atoms with E-state index in [1.165, 1.54) is 4.88 Å². The molecule has 0 aromatic carbocycles.